The van der Waals surface area contributed by atoms with E-state index >= 15 is 0 Å². The summed E-state index contributed by atoms with van der Waals surface area (Å²) in [6, 6.07) is 24.0. The Morgan fingerprint density at radius 1 is 0.643 bits per heavy atom. The number of carbonyl (C=O) groups is 2. The Balaban J connectivity index is 1.80. The van der Waals surface area contributed by atoms with E-state index in [1.165, 1.54) is 0 Å². The zero-order valence-electron chi connectivity index (χ0n) is 15.1. The van der Waals surface area contributed by atoms with E-state index in [1.807, 2.05) is 42.5 Å². The average molecular weight is 371 g/mol. The smallest absolute Gasteiger partial charge is 0.286 e. The van der Waals surface area contributed by atoms with Crippen LogP contribution in [-0.2, 0) is 9.59 Å². The molecule has 1 aliphatic rings. The first-order chi connectivity index (χ1) is 13.6. The molecule has 0 fully saturated rings. The molecule has 0 radical (unpaired) electrons. The Hall–Kier alpha value is -3.70. The van der Waals surface area contributed by atoms with Gasteiger partial charge in [0.2, 0.25) is 0 Å². The standard InChI is InChI=1S/C23H17NO4/c1-28-19-13-11-18(12-14-19)21-20(22(25)24(27)23(21)26)17-9-7-16(8-10-17)15-5-3-2-4-6-15/h2-14,27H,1H3. The van der Waals surface area contributed by atoms with Gasteiger partial charge in [0.25, 0.3) is 11.8 Å². The van der Waals surface area contributed by atoms with Crippen molar-refractivity contribution >= 4 is 23.0 Å². The number of carbonyl (C=O) groups excluding carboxylic acids is 2. The Labute approximate surface area is 162 Å². The summed E-state index contributed by atoms with van der Waals surface area (Å²) in [7, 11) is 1.55. The maximum Gasteiger partial charge on any atom is 0.286 e. The van der Waals surface area contributed by atoms with Crippen molar-refractivity contribution in [2.45, 2.75) is 0 Å². The molecule has 0 saturated heterocycles. The predicted molar refractivity (Wildman–Crippen MR) is 105 cm³/mol. The highest BCUT2D eigenvalue weighted by atomic mass is 16.5. The zero-order valence-corrected chi connectivity index (χ0v) is 15.1. The minimum atomic E-state index is -0.739. The van der Waals surface area contributed by atoms with Gasteiger partial charge in [-0.05, 0) is 34.4 Å². The van der Waals surface area contributed by atoms with Gasteiger partial charge in [-0.15, -0.1) is 5.06 Å². The van der Waals surface area contributed by atoms with Gasteiger partial charge in [0.05, 0.1) is 18.3 Å². The highest BCUT2D eigenvalue weighted by molar-refractivity contribution is 6.48. The molecule has 5 heteroatoms. The summed E-state index contributed by atoms with van der Waals surface area (Å²) in [4.78, 5) is 25.1. The van der Waals surface area contributed by atoms with E-state index in [-0.39, 0.29) is 16.2 Å². The molecule has 28 heavy (non-hydrogen) atoms. The van der Waals surface area contributed by atoms with Crippen LogP contribution >= 0.6 is 0 Å². The maximum absolute atomic E-state index is 12.6. The summed E-state index contributed by atoms with van der Waals surface area (Å²) in [6.45, 7) is 0. The van der Waals surface area contributed by atoms with Crippen molar-refractivity contribution in [3.05, 3.63) is 90.0 Å². The molecule has 0 unspecified atom stereocenters. The number of hydrogen-bond acceptors (Lipinski definition) is 4. The van der Waals surface area contributed by atoms with E-state index in [4.69, 9.17) is 4.74 Å². The molecule has 1 heterocycles. The van der Waals surface area contributed by atoms with Gasteiger partial charge in [0, 0.05) is 0 Å². The minimum absolute atomic E-state index is 0.167. The molecule has 0 spiro atoms. The van der Waals surface area contributed by atoms with Crippen molar-refractivity contribution in [2.24, 2.45) is 0 Å². The van der Waals surface area contributed by atoms with E-state index in [9.17, 15) is 14.8 Å². The number of rotatable bonds is 4. The lowest BCUT2D eigenvalue weighted by Gasteiger charge is -2.07. The summed E-state index contributed by atoms with van der Waals surface area (Å²) < 4.78 is 5.14. The lowest BCUT2D eigenvalue weighted by molar-refractivity contribution is -0.168. The number of amides is 2. The Kier molecular flexibility index (Phi) is 4.51. The van der Waals surface area contributed by atoms with Crippen LogP contribution in [0.15, 0.2) is 78.9 Å². The van der Waals surface area contributed by atoms with Crippen LogP contribution in [0.25, 0.3) is 22.3 Å². The molecule has 0 bridgehead atoms. The molecule has 3 aromatic carbocycles. The molecular formula is C23H17NO4. The number of hydroxylamine groups is 2. The molecule has 2 amide bonds. The van der Waals surface area contributed by atoms with Crippen molar-refractivity contribution in [1.29, 1.82) is 0 Å². The van der Waals surface area contributed by atoms with Gasteiger partial charge in [0.1, 0.15) is 5.75 Å². The summed E-state index contributed by atoms with van der Waals surface area (Å²) in [5, 5.41) is 10.1. The molecule has 4 rings (SSSR count). The molecule has 0 aromatic heterocycles. The highest BCUT2D eigenvalue weighted by Crippen LogP contribution is 2.36. The number of nitrogens with zero attached hydrogens (tertiary/aromatic N) is 1. The third-order valence-corrected chi connectivity index (χ3v) is 4.72. The molecule has 5 nitrogen and oxygen atoms in total. The zero-order chi connectivity index (χ0) is 19.7. The van der Waals surface area contributed by atoms with Crippen LogP contribution in [0.3, 0.4) is 0 Å². The highest BCUT2D eigenvalue weighted by Gasteiger charge is 2.39. The molecule has 1 aliphatic heterocycles. The van der Waals surface area contributed by atoms with Gasteiger partial charge >= 0.3 is 0 Å². The van der Waals surface area contributed by atoms with Crippen LogP contribution in [0.4, 0.5) is 0 Å². The fourth-order valence-corrected chi connectivity index (χ4v) is 3.27. The monoisotopic (exact) mass is 371 g/mol. The lowest BCUT2D eigenvalue weighted by atomic mass is 9.94. The fraction of sp³-hybridized carbons (Fsp3) is 0.0435. The third-order valence-electron chi connectivity index (χ3n) is 4.72. The molecule has 0 atom stereocenters. The van der Waals surface area contributed by atoms with Crippen LogP contribution < -0.4 is 4.74 Å². The first-order valence-electron chi connectivity index (χ1n) is 8.72. The quantitative estimate of drug-likeness (QED) is 0.555. The van der Waals surface area contributed by atoms with Gasteiger partial charge in [-0.25, -0.2) is 0 Å². The average Bonchev–Trinajstić information content (AvgIpc) is 2.98. The second-order valence-electron chi connectivity index (χ2n) is 6.34. The predicted octanol–water partition coefficient (Wildman–Crippen LogP) is 4.03. The van der Waals surface area contributed by atoms with Gasteiger partial charge in [-0.3, -0.25) is 14.8 Å². The van der Waals surface area contributed by atoms with Crippen LogP contribution in [0.1, 0.15) is 11.1 Å². The summed E-state index contributed by atoms with van der Waals surface area (Å²) in [5.74, 6) is -0.837. The number of methoxy groups -OCH3 is 1. The van der Waals surface area contributed by atoms with Crippen molar-refractivity contribution in [3.63, 3.8) is 0 Å². The fourth-order valence-electron chi connectivity index (χ4n) is 3.27. The first kappa shape index (κ1) is 17.7. The summed E-state index contributed by atoms with van der Waals surface area (Å²) in [6.07, 6.45) is 0. The number of ether oxygens (including phenoxy) is 1. The van der Waals surface area contributed by atoms with E-state index < -0.39 is 11.8 Å². The number of benzene rings is 3. The molecule has 1 N–H and O–H groups in total. The third kappa shape index (κ3) is 2.98. The number of hydrogen-bond donors (Lipinski definition) is 1. The van der Waals surface area contributed by atoms with E-state index in [0.29, 0.717) is 16.9 Å². The van der Waals surface area contributed by atoms with Crippen molar-refractivity contribution in [3.8, 4) is 16.9 Å². The normalized spacial score (nSPS) is 14.0. The van der Waals surface area contributed by atoms with Crippen molar-refractivity contribution in [1.82, 2.24) is 5.06 Å². The first-order valence-corrected chi connectivity index (χ1v) is 8.72. The Morgan fingerprint density at radius 3 is 1.57 bits per heavy atom. The van der Waals surface area contributed by atoms with Crippen molar-refractivity contribution in [2.75, 3.05) is 7.11 Å². The molecule has 0 aliphatic carbocycles. The molecular weight excluding hydrogens is 354 g/mol. The van der Waals surface area contributed by atoms with Crippen LogP contribution in [-0.4, -0.2) is 29.2 Å². The second-order valence-corrected chi connectivity index (χ2v) is 6.34. The summed E-state index contributed by atoms with van der Waals surface area (Å²) in [5.41, 5.74) is 3.50. The van der Waals surface area contributed by atoms with Crippen LogP contribution in [0.5, 0.6) is 5.75 Å². The molecule has 138 valence electrons. The van der Waals surface area contributed by atoms with Crippen molar-refractivity contribution < 1.29 is 19.5 Å². The van der Waals surface area contributed by atoms with E-state index in [2.05, 4.69) is 0 Å². The van der Waals surface area contributed by atoms with Gasteiger partial charge in [0.15, 0.2) is 0 Å². The number of imide groups is 1. The topological polar surface area (TPSA) is 66.8 Å². The van der Waals surface area contributed by atoms with Gasteiger partial charge in [-0.2, -0.15) is 0 Å². The van der Waals surface area contributed by atoms with E-state index in [0.717, 1.165) is 11.1 Å². The van der Waals surface area contributed by atoms with Crippen LogP contribution in [0.2, 0.25) is 0 Å². The minimum Gasteiger partial charge on any atom is -0.497 e. The Bertz CT molecular complexity index is 1070. The summed E-state index contributed by atoms with van der Waals surface area (Å²) >= 11 is 0. The molecule has 0 saturated carbocycles. The maximum atomic E-state index is 12.6. The van der Waals surface area contributed by atoms with Crippen LogP contribution in [0, 0.1) is 0 Å². The SMILES string of the molecule is COc1ccc(C2=C(c3ccc(-c4ccccc4)cc3)C(=O)N(O)C2=O)cc1. The largest absolute Gasteiger partial charge is 0.497 e. The van der Waals surface area contributed by atoms with E-state index in [1.54, 1.807) is 43.5 Å². The Morgan fingerprint density at radius 2 is 1.07 bits per heavy atom. The van der Waals surface area contributed by atoms with Gasteiger partial charge in [-0.1, -0.05) is 66.7 Å². The lowest BCUT2D eigenvalue weighted by Crippen LogP contribution is -2.27. The molecule has 3 aromatic rings. The van der Waals surface area contributed by atoms with Gasteiger partial charge < -0.3 is 4.74 Å². The second kappa shape index (κ2) is 7.13.